The summed E-state index contributed by atoms with van der Waals surface area (Å²) in [4.78, 5) is 22.4. The topological polar surface area (TPSA) is 103 Å². The van der Waals surface area contributed by atoms with Gasteiger partial charge in [-0.3, -0.25) is 14.9 Å². The summed E-state index contributed by atoms with van der Waals surface area (Å²) in [5.41, 5.74) is 4.16. The molecule has 0 saturated heterocycles. The third-order valence-electron chi connectivity index (χ3n) is 3.64. The van der Waals surface area contributed by atoms with Crippen molar-refractivity contribution >= 4 is 49.7 Å². The fraction of sp³-hybridized carbons (Fsp3) is 0.222. The first-order chi connectivity index (χ1) is 13.2. The predicted molar refractivity (Wildman–Crippen MR) is 112 cm³/mol. The second kappa shape index (κ2) is 9.65. The SMILES string of the molecule is COc1c(Br)cc(Br)cc1/C=N/NC(=O)COc1c(C)cc([N+](=O)[O-])cc1C. The standard InChI is InChI=1S/C18H17Br2N3O5/c1-10-4-14(23(25)26)5-11(2)17(10)28-9-16(24)22-21-8-12-6-13(19)7-15(20)18(12)27-3/h4-8H,9H2,1-3H3,(H,22,24)/b21-8+. The van der Waals surface area contributed by atoms with Gasteiger partial charge in [-0.25, -0.2) is 5.43 Å². The number of hydrogen-bond acceptors (Lipinski definition) is 6. The molecule has 0 unspecified atom stereocenters. The van der Waals surface area contributed by atoms with Crippen molar-refractivity contribution in [1.82, 2.24) is 5.43 Å². The number of rotatable bonds is 7. The second-order valence-corrected chi connectivity index (χ2v) is 7.53. The van der Waals surface area contributed by atoms with Gasteiger partial charge >= 0.3 is 0 Å². The van der Waals surface area contributed by atoms with Crippen LogP contribution in [0.1, 0.15) is 16.7 Å². The average molecular weight is 515 g/mol. The Morgan fingerprint density at radius 1 is 1.21 bits per heavy atom. The number of ether oxygens (including phenoxy) is 2. The minimum absolute atomic E-state index is 0.0227. The van der Waals surface area contributed by atoms with Crippen LogP contribution in [0.3, 0.4) is 0 Å². The molecule has 0 aromatic heterocycles. The lowest BCUT2D eigenvalue weighted by Gasteiger charge is -2.11. The summed E-state index contributed by atoms with van der Waals surface area (Å²) < 4.78 is 12.4. The van der Waals surface area contributed by atoms with Crippen LogP contribution >= 0.6 is 31.9 Å². The summed E-state index contributed by atoms with van der Waals surface area (Å²) in [6, 6.07) is 6.42. The van der Waals surface area contributed by atoms with Gasteiger partial charge in [-0.1, -0.05) is 15.9 Å². The van der Waals surface area contributed by atoms with E-state index in [1.807, 2.05) is 6.07 Å². The van der Waals surface area contributed by atoms with Crippen LogP contribution in [0, 0.1) is 24.0 Å². The Hall–Kier alpha value is -2.46. The summed E-state index contributed by atoms with van der Waals surface area (Å²) in [5.74, 6) is 0.540. The van der Waals surface area contributed by atoms with Crippen molar-refractivity contribution in [3.63, 3.8) is 0 Å². The molecule has 2 rings (SSSR count). The molecule has 0 aliphatic carbocycles. The highest BCUT2D eigenvalue weighted by molar-refractivity contribution is 9.11. The molecule has 8 nitrogen and oxygen atoms in total. The molecule has 0 spiro atoms. The number of hydrazone groups is 1. The molecule has 148 valence electrons. The van der Waals surface area contributed by atoms with Crippen molar-refractivity contribution in [3.8, 4) is 11.5 Å². The van der Waals surface area contributed by atoms with Crippen molar-refractivity contribution in [2.45, 2.75) is 13.8 Å². The van der Waals surface area contributed by atoms with Gasteiger partial charge in [0.2, 0.25) is 0 Å². The predicted octanol–water partition coefficient (Wildman–Crippen LogP) is 4.27. The maximum absolute atomic E-state index is 12.0. The molecule has 28 heavy (non-hydrogen) atoms. The Labute approximate surface area is 178 Å². The largest absolute Gasteiger partial charge is 0.495 e. The first-order valence-electron chi connectivity index (χ1n) is 7.96. The number of carbonyl (C=O) groups is 1. The zero-order valence-corrected chi connectivity index (χ0v) is 18.5. The van der Waals surface area contributed by atoms with E-state index in [0.717, 1.165) is 8.95 Å². The van der Waals surface area contributed by atoms with Crippen molar-refractivity contribution in [2.75, 3.05) is 13.7 Å². The molecular weight excluding hydrogens is 498 g/mol. The molecule has 1 N–H and O–H groups in total. The van der Waals surface area contributed by atoms with Gasteiger partial charge in [0.15, 0.2) is 6.61 Å². The molecule has 10 heteroatoms. The van der Waals surface area contributed by atoms with Gasteiger partial charge in [-0.05, 0) is 53.0 Å². The molecule has 0 saturated carbocycles. The molecule has 0 bridgehead atoms. The number of halogens is 2. The average Bonchev–Trinajstić information content (AvgIpc) is 2.60. The minimum atomic E-state index is -0.472. The molecule has 0 aliphatic heterocycles. The van der Waals surface area contributed by atoms with E-state index in [2.05, 4.69) is 42.4 Å². The molecule has 0 fully saturated rings. The number of aryl methyl sites for hydroxylation is 2. The van der Waals surface area contributed by atoms with Gasteiger partial charge in [-0.2, -0.15) is 5.10 Å². The van der Waals surface area contributed by atoms with Crippen LogP contribution in [-0.2, 0) is 4.79 Å². The van der Waals surface area contributed by atoms with Crippen LogP contribution in [0.5, 0.6) is 11.5 Å². The zero-order chi connectivity index (χ0) is 20.8. The third kappa shape index (κ3) is 5.52. The lowest BCUT2D eigenvalue weighted by atomic mass is 10.1. The molecule has 0 heterocycles. The number of nitrogens with zero attached hydrogens (tertiary/aromatic N) is 2. The van der Waals surface area contributed by atoms with Crippen LogP contribution in [0.25, 0.3) is 0 Å². The second-order valence-electron chi connectivity index (χ2n) is 5.76. The highest BCUT2D eigenvalue weighted by atomic mass is 79.9. The number of nitro groups is 1. The lowest BCUT2D eigenvalue weighted by Crippen LogP contribution is -2.25. The zero-order valence-electron chi connectivity index (χ0n) is 15.3. The van der Waals surface area contributed by atoms with Crippen LogP contribution < -0.4 is 14.9 Å². The van der Waals surface area contributed by atoms with Gasteiger partial charge < -0.3 is 9.47 Å². The van der Waals surface area contributed by atoms with E-state index >= 15 is 0 Å². The van der Waals surface area contributed by atoms with Crippen LogP contribution in [0.4, 0.5) is 5.69 Å². The van der Waals surface area contributed by atoms with E-state index in [-0.39, 0.29) is 12.3 Å². The third-order valence-corrected chi connectivity index (χ3v) is 4.68. The van der Waals surface area contributed by atoms with Gasteiger partial charge in [0, 0.05) is 22.2 Å². The maximum atomic E-state index is 12.0. The van der Waals surface area contributed by atoms with Gasteiger partial charge in [0.1, 0.15) is 11.5 Å². The summed E-state index contributed by atoms with van der Waals surface area (Å²) >= 11 is 6.77. The number of nitrogens with one attached hydrogen (secondary N) is 1. The van der Waals surface area contributed by atoms with E-state index in [0.29, 0.717) is 28.2 Å². The Morgan fingerprint density at radius 3 is 2.43 bits per heavy atom. The van der Waals surface area contributed by atoms with E-state index in [1.54, 1.807) is 19.9 Å². The fourth-order valence-electron chi connectivity index (χ4n) is 2.50. The number of nitro benzene ring substituents is 1. The van der Waals surface area contributed by atoms with Crippen LogP contribution in [-0.4, -0.2) is 30.8 Å². The number of methoxy groups -OCH3 is 1. The van der Waals surface area contributed by atoms with E-state index in [9.17, 15) is 14.9 Å². The molecule has 0 aliphatic rings. The molecule has 1 amide bonds. The quantitative estimate of drug-likeness (QED) is 0.337. The molecule has 2 aromatic carbocycles. The molecule has 0 radical (unpaired) electrons. The summed E-state index contributed by atoms with van der Waals surface area (Å²) in [7, 11) is 1.53. The van der Waals surface area contributed by atoms with Crippen molar-refractivity contribution < 1.29 is 19.2 Å². The number of hydrogen-bond donors (Lipinski definition) is 1. The number of non-ortho nitro benzene ring substituents is 1. The van der Waals surface area contributed by atoms with Crippen LogP contribution in [0.2, 0.25) is 0 Å². The maximum Gasteiger partial charge on any atom is 0.277 e. The summed E-state index contributed by atoms with van der Waals surface area (Å²) in [6.07, 6.45) is 1.45. The molecule has 0 atom stereocenters. The first kappa shape index (κ1) is 21.8. The first-order valence-corrected chi connectivity index (χ1v) is 9.55. The summed E-state index contributed by atoms with van der Waals surface area (Å²) in [5, 5.41) is 14.8. The monoisotopic (exact) mass is 513 g/mol. The number of carbonyl (C=O) groups excluding carboxylic acids is 1. The Morgan fingerprint density at radius 2 is 1.86 bits per heavy atom. The van der Waals surface area contributed by atoms with Crippen LogP contribution in [0.15, 0.2) is 38.3 Å². The number of benzene rings is 2. The Kier molecular flexibility index (Phi) is 7.53. The molecule has 2 aromatic rings. The van der Waals surface area contributed by atoms with Crippen molar-refractivity contribution in [2.24, 2.45) is 5.10 Å². The van der Waals surface area contributed by atoms with E-state index in [4.69, 9.17) is 9.47 Å². The van der Waals surface area contributed by atoms with Gasteiger partial charge in [0.25, 0.3) is 11.6 Å². The normalized spacial score (nSPS) is 10.8. The van der Waals surface area contributed by atoms with Crippen molar-refractivity contribution in [3.05, 3.63) is 60.0 Å². The van der Waals surface area contributed by atoms with Gasteiger partial charge in [0.05, 0.1) is 22.7 Å². The lowest BCUT2D eigenvalue weighted by molar-refractivity contribution is -0.385. The van der Waals surface area contributed by atoms with Gasteiger partial charge in [-0.15, -0.1) is 0 Å². The minimum Gasteiger partial charge on any atom is -0.495 e. The smallest absolute Gasteiger partial charge is 0.277 e. The summed E-state index contributed by atoms with van der Waals surface area (Å²) in [6.45, 7) is 3.09. The Bertz CT molecular complexity index is 924. The number of amides is 1. The highest BCUT2D eigenvalue weighted by Gasteiger charge is 2.14. The fourth-order valence-corrected chi connectivity index (χ4v) is 3.92. The highest BCUT2D eigenvalue weighted by Crippen LogP contribution is 2.31. The van der Waals surface area contributed by atoms with E-state index in [1.165, 1.54) is 25.5 Å². The van der Waals surface area contributed by atoms with E-state index < -0.39 is 10.8 Å². The Balaban J connectivity index is 2.01. The van der Waals surface area contributed by atoms with Crippen molar-refractivity contribution in [1.29, 1.82) is 0 Å². The molecular formula is C18H17Br2N3O5.